The SMILES string of the molecule is O=C(NCC(F)(F)F)c1ccc(NC(=O)C2CC(c3ccccc3)CN2)cc1. The lowest BCUT2D eigenvalue weighted by Crippen LogP contribution is -2.35. The monoisotopic (exact) mass is 391 g/mol. The van der Waals surface area contributed by atoms with Gasteiger partial charge in [-0.3, -0.25) is 9.59 Å². The molecule has 148 valence electrons. The topological polar surface area (TPSA) is 70.2 Å². The molecule has 2 atom stereocenters. The molecule has 28 heavy (non-hydrogen) atoms. The lowest BCUT2D eigenvalue weighted by molar-refractivity contribution is -0.123. The summed E-state index contributed by atoms with van der Waals surface area (Å²) in [6, 6.07) is 15.3. The van der Waals surface area contributed by atoms with E-state index in [1.165, 1.54) is 29.8 Å². The first-order chi connectivity index (χ1) is 13.3. The molecule has 3 rings (SSSR count). The molecule has 0 aromatic heterocycles. The van der Waals surface area contributed by atoms with Crippen LogP contribution >= 0.6 is 0 Å². The molecule has 2 unspecified atom stereocenters. The molecule has 1 fully saturated rings. The number of nitrogens with one attached hydrogen (secondary N) is 3. The van der Waals surface area contributed by atoms with Gasteiger partial charge in [0.15, 0.2) is 0 Å². The van der Waals surface area contributed by atoms with Crippen LogP contribution in [0.4, 0.5) is 18.9 Å². The summed E-state index contributed by atoms with van der Waals surface area (Å²) in [5, 5.41) is 7.77. The number of benzene rings is 2. The summed E-state index contributed by atoms with van der Waals surface area (Å²) in [6.07, 6.45) is -3.79. The normalized spacial score (nSPS) is 19.2. The van der Waals surface area contributed by atoms with Gasteiger partial charge in [-0.2, -0.15) is 13.2 Å². The quantitative estimate of drug-likeness (QED) is 0.734. The van der Waals surface area contributed by atoms with E-state index in [4.69, 9.17) is 0 Å². The zero-order valence-electron chi connectivity index (χ0n) is 14.9. The Bertz CT molecular complexity index is 823. The Morgan fingerprint density at radius 1 is 1.04 bits per heavy atom. The molecule has 2 aromatic carbocycles. The molecular weight excluding hydrogens is 371 g/mol. The summed E-state index contributed by atoms with van der Waals surface area (Å²) in [5.41, 5.74) is 1.74. The van der Waals surface area contributed by atoms with E-state index < -0.39 is 18.6 Å². The minimum Gasteiger partial charge on any atom is -0.343 e. The largest absolute Gasteiger partial charge is 0.405 e. The minimum atomic E-state index is -4.46. The number of alkyl halides is 3. The van der Waals surface area contributed by atoms with Crippen LogP contribution in [0.25, 0.3) is 0 Å². The Morgan fingerprint density at radius 2 is 1.71 bits per heavy atom. The van der Waals surface area contributed by atoms with E-state index in [0.717, 1.165) is 0 Å². The Kier molecular flexibility index (Phi) is 5.99. The maximum atomic E-state index is 12.4. The van der Waals surface area contributed by atoms with E-state index in [0.29, 0.717) is 18.7 Å². The van der Waals surface area contributed by atoms with Gasteiger partial charge in [0, 0.05) is 17.8 Å². The van der Waals surface area contributed by atoms with Crippen LogP contribution in [-0.2, 0) is 4.79 Å². The van der Waals surface area contributed by atoms with Crippen LogP contribution in [0, 0.1) is 0 Å². The highest BCUT2D eigenvalue weighted by Gasteiger charge is 2.30. The van der Waals surface area contributed by atoms with Gasteiger partial charge < -0.3 is 16.0 Å². The molecule has 0 spiro atoms. The van der Waals surface area contributed by atoms with Crippen LogP contribution in [-0.4, -0.2) is 37.1 Å². The van der Waals surface area contributed by atoms with Crippen molar-refractivity contribution in [2.24, 2.45) is 0 Å². The first kappa shape index (κ1) is 19.9. The molecule has 5 nitrogen and oxygen atoms in total. The van der Waals surface area contributed by atoms with E-state index in [9.17, 15) is 22.8 Å². The van der Waals surface area contributed by atoms with E-state index in [-0.39, 0.29) is 23.4 Å². The molecule has 8 heteroatoms. The molecule has 0 saturated carbocycles. The van der Waals surface area contributed by atoms with Crippen molar-refractivity contribution in [3.05, 3.63) is 65.7 Å². The maximum Gasteiger partial charge on any atom is 0.405 e. The van der Waals surface area contributed by atoms with Crippen molar-refractivity contribution in [3.63, 3.8) is 0 Å². The molecule has 2 aromatic rings. The first-order valence-electron chi connectivity index (χ1n) is 8.86. The maximum absolute atomic E-state index is 12.4. The van der Waals surface area contributed by atoms with E-state index in [1.54, 1.807) is 5.32 Å². The molecule has 0 bridgehead atoms. The number of carbonyl (C=O) groups is 2. The second-order valence-electron chi connectivity index (χ2n) is 6.67. The van der Waals surface area contributed by atoms with Crippen LogP contribution in [0.5, 0.6) is 0 Å². The summed E-state index contributed by atoms with van der Waals surface area (Å²) in [7, 11) is 0. The average Bonchev–Trinajstić information content (AvgIpc) is 3.17. The summed E-state index contributed by atoms with van der Waals surface area (Å²) in [5.74, 6) is -0.747. The molecule has 1 aliphatic heterocycles. The number of halogens is 3. The molecule has 1 saturated heterocycles. The first-order valence-corrected chi connectivity index (χ1v) is 8.86. The highest BCUT2D eigenvalue weighted by Crippen LogP contribution is 2.26. The van der Waals surface area contributed by atoms with Crippen molar-refractivity contribution in [1.29, 1.82) is 0 Å². The number of hydrogen-bond donors (Lipinski definition) is 3. The lowest BCUT2D eigenvalue weighted by atomic mass is 9.96. The fraction of sp³-hybridized carbons (Fsp3) is 0.300. The Balaban J connectivity index is 1.53. The van der Waals surface area contributed by atoms with Crippen molar-refractivity contribution >= 4 is 17.5 Å². The van der Waals surface area contributed by atoms with Crippen LogP contribution in [0.1, 0.15) is 28.3 Å². The third-order valence-corrected chi connectivity index (χ3v) is 4.58. The Labute approximate surface area is 160 Å². The molecule has 1 heterocycles. The zero-order valence-corrected chi connectivity index (χ0v) is 14.9. The lowest BCUT2D eigenvalue weighted by Gasteiger charge is -2.12. The molecule has 2 amide bonds. The van der Waals surface area contributed by atoms with Gasteiger partial charge in [-0.05, 0) is 42.2 Å². The standard InChI is InChI=1S/C20H20F3N3O2/c21-20(22,23)12-25-18(27)14-6-8-16(9-7-14)26-19(28)17-10-15(11-24-17)13-4-2-1-3-5-13/h1-9,15,17,24H,10-12H2,(H,25,27)(H,26,28). The summed E-state index contributed by atoms with van der Waals surface area (Å²) in [6.45, 7) is -0.680. The second kappa shape index (κ2) is 8.43. The van der Waals surface area contributed by atoms with Crippen LogP contribution < -0.4 is 16.0 Å². The van der Waals surface area contributed by atoms with Crippen molar-refractivity contribution in [1.82, 2.24) is 10.6 Å². The van der Waals surface area contributed by atoms with Gasteiger partial charge in [-0.1, -0.05) is 30.3 Å². The molecule has 1 aliphatic rings. The molecule has 3 N–H and O–H groups in total. The zero-order chi connectivity index (χ0) is 20.1. The minimum absolute atomic E-state index is 0.0883. The highest BCUT2D eigenvalue weighted by atomic mass is 19.4. The third-order valence-electron chi connectivity index (χ3n) is 4.58. The Hall–Kier alpha value is -2.87. The predicted molar refractivity (Wildman–Crippen MR) is 99.1 cm³/mol. The molecule has 0 radical (unpaired) electrons. The van der Waals surface area contributed by atoms with Crippen molar-refractivity contribution in [2.75, 3.05) is 18.4 Å². The van der Waals surface area contributed by atoms with Gasteiger partial charge >= 0.3 is 6.18 Å². The van der Waals surface area contributed by atoms with Gasteiger partial charge in [-0.15, -0.1) is 0 Å². The van der Waals surface area contributed by atoms with Crippen molar-refractivity contribution in [3.8, 4) is 0 Å². The van der Waals surface area contributed by atoms with E-state index in [1.807, 2.05) is 30.3 Å². The Morgan fingerprint density at radius 3 is 2.36 bits per heavy atom. The number of carbonyl (C=O) groups excluding carboxylic acids is 2. The van der Waals surface area contributed by atoms with E-state index >= 15 is 0 Å². The third kappa shape index (κ3) is 5.32. The van der Waals surface area contributed by atoms with Gasteiger partial charge in [0.1, 0.15) is 6.54 Å². The highest BCUT2D eigenvalue weighted by molar-refractivity contribution is 5.97. The summed E-state index contributed by atoms with van der Waals surface area (Å²) in [4.78, 5) is 24.1. The molecule has 0 aliphatic carbocycles. The average molecular weight is 391 g/mol. The van der Waals surface area contributed by atoms with Gasteiger partial charge in [0.25, 0.3) is 5.91 Å². The number of rotatable bonds is 5. The number of amides is 2. The van der Waals surface area contributed by atoms with Crippen LogP contribution in [0.15, 0.2) is 54.6 Å². The number of anilines is 1. The van der Waals surface area contributed by atoms with Crippen LogP contribution in [0.3, 0.4) is 0 Å². The molecular formula is C20H20F3N3O2. The van der Waals surface area contributed by atoms with Crippen molar-refractivity contribution in [2.45, 2.75) is 24.6 Å². The summed E-state index contributed by atoms with van der Waals surface area (Å²) >= 11 is 0. The fourth-order valence-corrected chi connectivity index (χ4v) is 3.13. The number of hydrogen-bond acceptors (Lipinski definition) is 3. The van der Waals surface area contributed by atoms with E-state index in [2.05, 4.69) is 10.6 Å². The van der Waals surface area contributed by atoms with Gasteiger partial charge in [0.05, 0.1) is 6.04 Å². The fourth-order valence-electron chi connectivity index (χ4n) is 3.13. The second-order valence-corrected chi connectivity index (χ2v) is 6.67. The van der Waals surface area contributed by atoms with Crippen molar-refractivity contribution < 1.29 is 22.8 Å². The van der Waals surface area contributed by atoms with Gasteiger partial charge in [-0.25, -0.2) is 0 Å². The van der Waals surface area contributed by atoms with Crippen LogP contribution in [0.2, 0.25) is 0 Å². The summed E-state index contributed by atoms with van der Waals surface area (Å²) < 4.78 is 36.5. The predicted octanol–water partition coefficient (Wildman–Crippen LogP) is 3.06. The smallest absolute Gasteiger partial charge is 0.343 e. The van der Waals surface area contributed by atoms with Gasteiger partial charge in [0.2, 0.25) is 5.91 Å².